The van der Waals surface area contributed by atoms with Crippen LogP contribution in [-0.4, -0.2) is 28.6 Å². The molecule has 0 aliphatic carbocycles. The Hall–Kier alpha value is -1.93. The van der Waals surface area contributed by atoms with Gasteiger partial charge in [-0.05, 0) is 26.0 Å². The van der Waals surface area contributed by atoms with Crippen molar-refractivity contribution in [2.45, 2.75) is 20.0 Å². The largest absolute Gasteiger partial charge is 0.392 e. The van der Waals surface area contributed by atoms with E-state index in [2.05, 4.69) is 10.3 Å². The van der Waals surface area contributed by atoms with Crippen LogP contribution < -0.4 is 5.32 Å². The van der Waals surface area contributed by atoms with E-state index in [1.807, 2.05) is 6.07 Å². The molecule has 0 radical (unpaired) electrons. The fraction of sp³-hybridized carbons (Fsp3) is 0.364. The number of carbonyl (C=O) groups excluding carboxylic acids is 1. The van der Waals surface area contributed by atoms with Crippen LogP contribution in [0.5, 0.6) is 0 Å². The van der Waals surface area contributed by atoms with E-state index in [0.717, 1.165) is 0 Å². The van der Waals surface area contributed by atoms with Gasteiger partial charge in [0.15, 0.2) is 0 Å². The molecule has 5 heteroatoms. The van der Waals surface area contributed by atoms with Gasteiger partial charge in [0, 0.05) is 6.54 Å². The number of amides is 1. The second-order valence-corrected chi connectivity index (χ2v) is 3.50. The number of hydrogen-bond donors (Lipinski definition) is 2. The Morgan fingerprint density at radius 2 is 2.38 bits per heavy atom. The zero-order valence-electron chi connectivity index (χ0n) is 9.19. The third-order valence-corrected chi connectivity index (χ3v) is 2.00. The van der Waals surface area contributed by atoms with Gasteiger partial charge in [-0.2, -0.15) is 5.26 Å². The van der Waals surface area contributed by atoms with Crippen LogP contribution >= 0.6 is 0 Å². The molecule has 0 fully saturated rings. The molecule has 1 aromatic rings. The predicted molar refractivity (Wildman–Crippen MR) is 57.7 cm³/mol. The first kappa shape index (κ1) is 12.1. The predicted octanol–water partition coefficient (Wildman–Crippen LogP) is 0.372. The molecule has 0 aliphatic heterocycles. The van der Waals surface area contributed by atoms with Crippen LogP contribution in [0, 0.1) is 18.3 Å². The number of aryl methyl sites for hydroxylation is 1. The van der Waals surface area contributed by atoms with Crippen LogP contribution in [0.25, 0.3) is 0 Å². The van der Waals surface area contributed by atoms with Crippen molar-refractivity contribution in [3.8, 4) is 6.07 Å². The highest BCUT2D eigenvalue weighted by Gasteiger charge is 2.09. The summed E-state index contributed by atoms with van der Waals surface area (Å²) in [4.78, 5) is 15.5. The van der Waals surface area contributed by atoms with Crippen molar-refractivity contribution < 1.29 is 9.90 Å². The highest BCUT2D eigenvalue weighted by molar-refractivity contribution is 5.92. The van der Waals surface area contributed by atoms with Crippen LogP contribution in [0.15, 0.2) is 12.1 Å². The third-order valence-electron chi connectivity index (χ3n) is 2.00. The lowest BCUT2D eigenvalue weighted by molar-refractivity contribution is 0.0919. The summed E-state index contributed by atoms with van der Waals surface area (Å²) in [6, 6.07) is 5.02. The summed E-state index contributed by atoms with van der Waals surface area (Å²) in [5, 5.41) is 20.2. The van der Waals surface area contributed by atoms with Crippen molar-refractivity contribution in [3.63, 3.8) is 0 Å². The number of rotatable bonds is 3. The Kier molecular flexibility index (Phi) is 3.97. The highest BCUT2D eigenvalue weighted by atomic mass is 16.3. The van der Waals surface area contributed by atoms with E-state index in [1.165, 1.54) is 6.07 Å². The summed E-state index contributed by atoms with van der Waals surface area (Å²) in [6.45, 7) is 3.43. The van der Waals surface area contributed by atoms with Crippen LogP contribution in [0.2, 0.25) is 0 Å². The lowest BCUT2D eigenvalue weighted by Crippen LogP contribution is -2.31. The number of pyridine rings is 1. The Balaban J connectivity index is 2.78. The first-order valence-electron chi connectivity index (χ1n) is 4.88. The van der Waals surface area contributed by atoms with Gasteiger partial charge in [-0.3, -0.25) is 4.79 Å². The Morgan fingerprint density at radius 3 is 2.88 bits per heavy atom. The Morgan fingerprint density at radius 1 is 1.69 bits per heavy atom. The molecule has 0 aromatic carbocycles. The average molecular weight is 219 g/mol. The van der Waals surface area contributed by atoms with Crippen LogP contribution in [0.1, 0.15) is 28.7 Å². The molecule has 1 aromatic heterocycles. The number of hydrogen-bond acceptors (Lipinski definition) is 4. The average Bonchev–Trinajstić information content (AvgIpc) is 2.25. The molecule has 0 bridgehead atoms. The summed E-state index contributed by atoms with van der Waals surface area (Å²) >= 11 is 0. The van der Waals surface area contributed by atoms with Gasteiger partial charge in [-0.15, -0.1) is 0 Å². The number of carbonyl (C=O) groups is 1. The lowest BCUT2D eigenvalue weighted by Gasteiger charge is -2.07. The van der Waals surface area contributed by atoms with E-state index in [4.69, 9.17) is 10.4 Å². The monoisotopic (exact) mass is 219 g/mol. The van der Waals surface area contributed by atoms with Crippen LogP contribution in [0.3, 0.4) is 0 Å². The van der Waals surface area contributed by atoms with Gasteiger partial charge in [0.25, 0.3) is 5.91 Å². The first-order chi connectivity index (χ1) is 7.54. The molecule has 2 N–H and O–H groups in total. The molecule has 1 heterocycles. The summed E-state index contributed by atoms with van der Waals surface area (Å²) in [5.74, 6) is -0.353. The number of aromatic nitrogens is 1. The summed E-state index contributed by atoms with van der Waals surface area (Å²) in [7, 11) is 0. The van der Waals surface area contributed by atoms with E-state index in [1.54, 1.807) is 19.9 Å². The minimum absolute atomic E-state index is 0.180. The maximum absolute atomic E-state index is 11.5. The molecule has 5 nitrogen and oxygen atoms in total. The smallest absolute Gasteiger partial charge is 0.269 e. The fourth-order valence-corrected chi connectivity index (χ4v) is 1.14. The van der Waals surface area contributed by atoms with Crippen molar-refractivity contribution >= 4 is 5.91 Å². The highest BCUT2D eigenvalue weighted by Crippen LogP contribution is 2.05. The minimum atomic E-state index is -0.594. The van der Waals surface area contributed by atoms with E-state index >= 15 is 0 Å². The van der Waals surface area contributed by atoms with Gasteiger partial charge >= 0.3 is 0 Å². The van der Waals surface area contributed by atoms with E-state index in [9.17, 15) is 4.79 Å². The Bertz CT molecular complexity index is 435. The minimum Gasteiger partial charge on any atom is -0.392 e. The van der Waals surface area contributed by atoms with Crippen molar-refractivity contribution in [1.82, 2.24) is 10.3 Å². The summed E-state index contributed by atoms with van der Waals surface area (Å²) in [5.41, 5.74) is 1.22. The molecule has 1 rings (SSSR count). The molecule has 0 spiro atoms. The van der Waals surface area contributed by atoms with E-state index < -0.39 is 6.10 Å². The van der Waals surface area contributed by atoms with E-state index in [0.29, 0.717) is 11.3 Å². The first-order valence-corrected chi connectivity index (χ1v) is 4.88. The van der Waals surface area contributed by atoms with Crippen molar-refractivity contribution in [2.24, 2.45) is 0 Å². The number of nitrogens with one attached hydrogen (secondary N) is 1. The molecule has 84 valence electrons. The van der Waals surface area contributed by atoms with Crippen LogP contribution in [-0.2, 0) is 0 Å². The van der Waals surface area contributed by atoms with Gasteiger partial charge in [-0.1, -0.05) is 0 Å². The van der Waals surface area contributed by atoms with Gasteiger partial charge in [0.1, 0.15) is 11.8 Å². The Labute approximate surface area is 93.7 Å². The molecular formula is C11H13N3O2. The number of nitrogens with zero attached hydrogens (tertiary/aromatic N) is 2. The molecular weight excluding hydrogens is 206 g/mol. The number of aliphatic hydroxyl groups is 1. The number of nitriles is 1. The number of aliphatic hydroxyl groups excluding tert-OH is 1. The molecule has 0 unspecified atom stereocenters. The molecule has 0 saturated carbocycles. The second kappa shape index (κ2) is 5.24. The standard InChI is InChI=1S/C11H13N3O2/c1-7(15)6-13-11(16)10-4-3-9(5-12)8(2)14-10/h3-4,7,15H,6H2,1-2H3,(H,13,16)/t7-/m1/s1. The summed E-state index contributed by atoms with van der Waals surface area (Å²) < 4.78 is 0. The topological polar surface area (TPSA) is 86.0 Å². The van der Waals surface area contributed by atoms with Crippen molar-refractivity contribution in [1.29, 1.82) is 5.26 Å². The maximum atomic E-state index is 11.5. The molecule has 0 saturated heterocycles. The maximum Gasteiger partial charge on any atom is 0.269 e. The zero-order chi connectivity index (χ0) is 12.1. The molecule has 1 amide bonds. The van der Waals surface area contributed by atoms with Gasteiger partial charge < -0.3 is 10.4 Å². The van der Waals surface area contributed by atoms with E-state index in [-0.39, 0.29) is 18.1 Å². The van der Waals surface area contributed by atoms with Crippen LogP contribution in [0.4, 0.5) is 0 Å². The van der Waals surface area contributed by atoms with Crippen molar-refractivity contribution in [3.05, 3.63) is 29.1 Å². The molecule has 1 atom stereocenters. The fourth-order valence-electron chi connectivity index (χ4n) is 1.14. The normalized spacial score (nSPS) is 11.6. The van der Waals surface area contributed by atoms with Gasteiger partial charge in [0.2, 0.25) is 0 Å². The van der Waals surface area contributed by atoms with Crippen molar-refractivity contribution in [2.75, 3.05) is 6.54 Å². The quantitative estimate of drug-likeness (QED) is 0.769. The zero-order valence-corrected chi connectivity index (χ0v) is 9.19. The van der Waals surface area contributed by atoms with Gasteiger partial charge in [-0.25, -0.2) is 4.98 Å². The SMILES string of the molecule is Cc1nc(C(=O)NC[C@@H](C)O)ccc1C#N. The van der Waals surface area contributed by atoms with Gasteiger partial charge in [0.05, 0.1) is 17.4 Å². The lowest BCUT2D eigenvalue weighted by atomic mass is 10.2. The molecule has 16 heavy (non-hydrogen) atoms. The third kappa shape index (κ3) is 3.04. The molecule has 0 aliphatic rings. The summed E-state index contributed by atoms with van der Waals surface area (Å²) in [6.07, 6.45) is -0.594. The second-order valence-electron chi connectivity index (χ2n) is 3.50.